The zero-order chi connectivity index (χ0) is 16.2. The molecule has 0 bridgehead atoms. The van der Waals surface area contributed by atoms with Crippen LogP contribution in [0.15, 0.2) is 53.7 Å². The van der Waals surface area contributed by atoms with Gasteiger partial charge in [0.1, 0.15) is 0 Å². The molecule has 1 aromatic heterocycles. The number of amides is 1. The van der Waals surface area contributed by atoms with Crippen LogP contribution < -0.4 is 5.32 Å². The maximum Gasteiger partial charge on any atom is 0.416 e. The van der Waals surface area contributed by atoms with Gasteiger partial charge in [0.05, 0.1) is 15.8 Å². The molecule has 1 N–H and O–H groups in total. The molecule has 0 fully saturated rings. The van der Waals surface area contributed by atoms with Crippen LogP contribution in [0.4, 0.5) is 18.9 Å². The van der Waals surface area contributed by atoms with Gasteiger partial charge in [0, 0.05) is 11.9 Å². The van der Waals surface area contributed by atoms with Gasteiger partial charge in [-0.2, -0.15) is 13.2 Å². The molecular weight excluding hydrogens is 313 g/mol. The summed E-state index contributed by atoms with van der Waals surface area (Å²) in [4.78, 5) is 16.1. The third-order valence-corrected chi connectivity index (χ3v) is 3.81. The fourth-order valence-electron chi connectivity index (χ4n) is 1.67. The molecule has 0 radical (unpaired) electrons. The molecule has 0 aliphatic carbocycles. The topological polar surface area (TPSA) is 42.0 Å². The SMILES string of the molecule is C[C@H](Sc1ccccn1)C(=O)Nc1cccc(C(F)(F)F)c1. The van der Waals surface area contributed by atoms with E-state index < -0.39 is 17.0 Å². The summed E-state index contributed by atoms with van der Waals surface area (Å²) in [6, 6.07) is 9.88. The Bertz CT molecular complexity index is 647. The van der Waals surface area contributed by atoms with Gasteiger partial charge in [-0.15, -0.1) is 0 Å². The van der Waals surface area contributed by atoms with Crippen molar-refractivity contribution in [1.29, 1.82) is 0 Å². The minimum atomic E-state index is -4.44. The van der Waals surface area contributed by atoms with E-state index in [1.807, 2.05) is 0 Å². The van der Waals surface area contributed by atoms with Crippen LogP contribution in [0, 0.1) is 0 Å². The molecule has 0 aliphatic heterocycles. The number of nitrogens with zero attached hydrogens (tertiary/aromatic N) is 1. The van der Waals surface area contributed by atoms with Crippen molar-refractivity contribution in [2.75, 3.05) is 5.32 Å². The lowest BCUT2D eigenvalue weighted by Crippen LogP contribution is -2.22. The largest absolute Gasteiger partial charge is 0.416 e. The highest BCUT2D eigenvalue weighted by Crippen LogP contribution is 2.31. The summed E-state index contributed by atoms with van der Waals surface area (Å²) in [5.41, 5.74) is -0.677. The van der Waals surface area contributed by atoms with Gasteiger partial charge in [-0.1, -0.05) is 23.9 Å². The second-order valence-corrected chi connectivity index (χ2v) is 5.86. The second kappa shape index (κ2) is 6.83. The third-order valence-electron chi connectivity index (χ3n) is 2.76. The van der Waals surface area contributed by atoms with Crippen LogP contribution in [0.3, 0.4) is 0 Å². The molecule has 1 atom stereocenters. The Labute approximate surface area is 129 Å². The number of carbonyl (C=O) groups is 1. The summed E-state index contributed by atoms with van der Waals surface area (Å²) >= 11 is 1.24. The van der Waals surface area contributed by atoms with E-state index in [-0.39, 0.29) is 11.6 Å². The first-order chi connectivity index (χ1) is 10.4. The van der Waals surface area contributed by atoms with Crippen LogP contribution >= 0.6 is 11.8 Å². The monoisotopic (exact) mass is 326 g/mol. The average molecular weight is 326 g/mol. The molecule has 1 aromatic carbocycles. The predicted molar refractivity (Wildman–Crippen MR) is 79.6 cm³/mol. The van der Waals surface area contributed by atoms with E-state index >= 15 is 0 Å². The van der Waals surface area contributed by atoms with E-state index in [4.69, 9.17) is 0 Å². The Morgan fingerprint density at radius 1 is 1.23 bits per heavy atom. The molecule has 116 valence electrons. The van der Waals surface area contributed by atoms with E-state index in [0.717, 1.165) is 12.1 Å². The molecule has 0 spiro atoms. The minimum Gasteiger partial charge on any atom is -0.325 e. The number of hydrogen-bond acceptors (Lipinski definition) is 3. The molecule has 3 nitrogen and oxygen atoms in total. The van der Waals surface area contributed by atoms with Gasteiger partial charge in [-0.05, 0) is 37.3 Å². The molecule has 22 heavy (non-hydrogen) atoms. The molecule has 0 unspecified atom stereocenters. The van der Waals surface area contributed by atoms with Gasteiger partial charge < -0.3 is 5.32 Å². The number of hydrogen-bond donors (Lipinski definition) is 1. The first-order valence-corrected chi connectivity index (χ1v) is 7.30. The van der Waals surface area contributed by atoms with Crippen molar-refractivity contribution in [1.82, 2.24) is 4.98 Å². The lowest BCUT2D eigenvalue weighted by molar-refractivity contribution is -0.137. The first kappa shape index (κ1) is 16.4. The second-order valence-electron chi connectivity index (χ2n) is 4.50. The Hall–Kier alpha value is -2.02. The summed E-state index contributed by atoms with van der Waals surface area (Å²) in [6.07, 6.45) is -2.82. The fourth-order valence-corrected chi connectivity index (χ4v) is 2.48. The quantitative estimate of drug-likeness (QED) is 0.856. The smallest absolute Gasteiger partial charge is 0.325 e. The number of pyridine rings is 1. The normalized spacial score (nSPS) is 12.7. The molecule has 2 rings (SSSR count). The lowest BCUT2D eigenvalue weighted by Gasteiger charge is -2.13. The van der Waals surface area contributed by atoms with Crippen molar-refractivity contribution in [2.45, 2.75) is 23.4 Å². The van der Waals surface area contributed by atoms with Crippen LogP contribution in [0.2, 0.25) is 0 Å². The highest BCUT2D eigenvalue weighted by Gasteiger charge is 2.30. The van der Waals surface area contributed by atoms with Crippen LogP contribution in [0.5, 0.6) is 0 Å². The minimum absolute atomic E-state index is 0.119. The average Bonchev–Trinajstić information content (AvgIpc) is 2.47. The van der Waals surface area contributed by atoms with Crippen LogP contribution in [-0.4, -0.2) is 16.1 Å². The first-order valence-electron chi connectivity index (χ1n) is 6.42. The molecule has 1 amide bonds. The van der Waals surface area contributed by atoms with Crippen LogP contribution in [0.25, 0.3) is 0 Å². The van der Waals surface area contributed by atoms with E-state index in [2.05, 4.69) is 10.3 Å². The van der Waals surface area contributed by atoms with Crippen molar-refractivity contribution in [3.63, 3.8) is 0 Å². The Morgan fingerprint density at radius 2 is 2.00 bits per heavy atom. The Morgan fingerprint density at radius 3 is 2.64 bits per heavy atom. The maximum absolute atomic E-state index is 12.6. The number of nitrogens with one attached hydrogen (secondary N) is 1. The van der Waals surface area contributed by atoms with Crippen molar-refractivity contribution in [2.24, 2.45) is 0 Å². The van der Waals surface area contributed by atoms with E-state index in [9.17, 15) is 18.0 Å². The standard InChI is InChI=1S/C15H13F3N2OS/c1-10(22-13-7-2-3-8-19-13)14(21)20-12-6-4-5-11(9-12)15(16,17)18/h2-10H,1H3,(H,20,21)/t10-/m0/s1. The van der Waals surface area contributed by atoms with Gasteiger partial charge in [0.2, 0.25) is 5.91 Å². The van der Waals surface area contributed by atoms with E-state index in [0.29, 0.717) is 5.03 Å². The summed E-state index contributed by atoms with van der Waals surface area (Å²) in [6.45, 7) is 1.67. The van der Waals surface area contributed by atoms with Gasteiger partial charge in [0.25, 0.3) is 0 Å². The summed E-state index contributed by atoms with van der Waals surface area (Å²) in [5, 5.41) is 2.68. The van der Waals surface area contributed by atoms with Crippen molar-refractivity contribution >= 4 is 23.4 Å². The molecule has 0 saturated carbocycles. The number of benzene rings is 1. The molecule has 0 aliphatic rings. The predicted octanol–water partition coefficient (Wildman–Crippen LogP) is 4.22. The molecule has 2 aromatic rings. The Kier molecular flexibility index (Phi) is 5.07. The lowest BCUT2D eigenvalue weighted by atomic mass is 10.2. The highest BCUT2D eigenvalue weighted by molar-refractivity contribution is 8.00. The molecular formula is C15H13F3N2OS. The van der Waals surface area contributed by atoms with Gasteiger partial charge in [-0.25, -0.2) is 4.98 Å². The highest BCUT2D eigenvalue weighted by atomic mass is 32.2. The third kappa shape index (κ3) is 4.49. The number of carbonyl (C=O) groups excluding carboxylic acids is 1. The summed E-state index contributed by atoms with van der Waals surface area (Å²) in [7, 11) is 0. The number of thioether (sulfide) groups is 1. The summed E-state index contributed by atoms with van der Waals surface area (Å²) < 4.78 is 37.9. The van der Waals surface area contributed by atoms with Gasteiger partial charge in [-0.3, -0.25) is 4.79 Å². The number of aromatic nitrogens is 1. The maximum atomic E-state index is 12.6. The number of alkyl halides is 3. The van der Waals surface area contributed by atoms with Gasteiger partial charge in [0.15, 0.2) is 0 Å². The zero-order valence-electron chi connectivity index (χ0n) is 11.6. The number of anilines is 1. The number of halogens is 3. The zero-order valence-corrected chi connectivity index (χ0v) is 12.4. The Balaban J connectivity index is 2.02. The molecule has 7 heteroatoms. The summed E-state index contributed by atoms with van der Waals surface area (Å²) in [5.74, 6) is -0.380. The fraction of sp³-hybridized carbons (Fsp3) is 0.200. The van der Waals surface area contributed by atoms with E-state index in [1.54, 1.807) is 31.3 Å². The number of rotatable bonds is 4. The van der Waals surface area contributed by atoms with Gasteiger partial charge >= 0.3 is 6.18 Å². The van der Waals surface area contributed by atoms with Crippen LogP contribution in [-0.2, 0) is 11.0 Å². The van der Waals surface area contributed by atoms with Crippen molar-refractivity contribution in [3.8, 4) is 0 Å². The van der Waals surface area contributed by atoms with Crippen molar-refractivity contribution in [3.05, 3.63) is 54.2 Å². The van der Waals surface area contributed by atoms with Crippen LogP contribution in [0.1, 0.15) is 12.5 Å². The van der Waals surface area contributed by atoms with E-state index in [1.165, 1.54) is 23.9 Å². The molecule has 1 heterocycles. The van der Waals surface area contributed by atoms with Crippen molar-refractivity contribution < 1.29 is 18.0 Å². The molecule has 0 saturated heterocycles.